The molecule has 0 unspecified atom stereocenters. The molecule has 1 amide bonds. The van der Waals surface area contributed by atoms with E-state index in [1.807, 2.05) is 44.2 Å². The van der Waals surface area contributed by atoms with Gasteiger partial charge < -0.3 is 10.1 Å². The van der Waals surface area contributed by atoms with Gasteiger partial charge in [0.15, 0.2) is 5.16 Å². The molecule has 0 radical (unpaired) electrons. The van der Waals surface area contributed by atoms with Gasteiger partial charge in [0, 0.05) is 10.6 Å². The van der Waals surface area contributed by atoms with Crippen LogP contribution in [0.15, 0.2) is 64.5 Å². The summed E-state index contributed by atoms with van der Waals surface area (Å²) in [5, 5.41) is 3.86. The normalized spacial score (nSPS) is 10.9. The Morgan fingerprint density at radius 2 is 1.79 bits per heavy atom. The summed E-state index contributed by atoms with van der Waals surface area (Å²) in [6.45, 7) is 3.90. The molecule has 0 aliphatic carbocycles. The third-order valence-electron chi connectivity index (χ3n) is 5.11. The summed E-state index contributed by atoms with van der Waals surface area (Å²) >= 11 is 2.67. The number of benzene rings is 2. The van der Waals surface area contributed by atoms with E-state index >= 15 is 0 Å². The second-order valence-corrected chi connectivity index (χ2v) is 9.39. The van der Waals surface area contributed by atoms with Crippen molar-refractivity contribution in [2.75, 3.05) is 18.2 Å². The average molecular weight is 480 g/mol. The van der Waals surface area contributed by atoms with Gasteiger partial charge in [0.1, 0.15) is 4.83 Å². The first-order valence-electron chi connectivity index (χ1n) is 10.1. The van der Waals surface area contributed by atoms with Crippen molar-refractivity contribution in [1.29, 1.82) is 0 Å². The van der Waals surface area contributed by atoms with Crippen molar-refractivity contribution in [3.05, 3.63) is 81.0 Å². The highest BCUT2D eigenvalue weighted by Gasteiger charge is 2.19. The number of nitrogens with zero attached hydrogens (tertiary/aromatic N) is 2. The lowest BCUT2D eigenvalue weighted by Crippen LogP contribution is -2.22. The Labute approximate surface area is 198 Å². The van der Waals surface area contributed by atoms with Gasteiger partial charge in [-0.25, -0.2) is 9.78 Å². The van der Waals surface area contributed by atoms with Gasteiger partial charge in [-0.3, -0.25) is 14.2 Å². The van der Waals surface area contributed by atoms with Gasteiger partial charge in [0.05, 0.1) is 29.5 Å². The minimum absolute atomic E-state index is 0.0624. The van der Waals surface area contributed by atoms with Crippen LogP contribution in [0.4, 0.5) is 5.69 Å². The van der Waals surface area contributed by atoms with E-state index in [1.54, 1.807) is 28.8 Å². The molecule has 0 atom stereocenters. The Kier molecular flexibility index (Phi) is 6.62. The third kappa shape index (κ3) is 4.69. The number of aromatic nitrogens is 2. The van der Waals surface area contributed by atoms with Gasteiger partial charge >= 0.3 is 5.97 Å². The second kappa shape index (κ2) is 9.60. The van der Waals surface area contributed by atoms with Crippen LogP contribution in [0.3, 0.4) is 0 Å². The number of rotatable bonds is 6. The zero-order valence-electron chi connectivity index (χ0n) is 18.2. The van der Waals surface area contributed by atoms with Gasteiger partial charge in [0.25, 0.3) is 5.56 Å². The number of hydrogen-bond acceptors (Lipinski definition) is 7. The summed E-state index contributed by atoms with van der Waals surface area (Å²) in [6.07, 6.45) is 0. The predicted molar refractivity (Wildman–Crippen MR) is 132 cm³/mol. The van der Waals surface area contributed by atoms with Gasteiger partial charge in [0.2, 0.25) is 5.91 Å². The van der Waals surface area contributed by atoms with E-state index in [-0.39, 0.29) is 17.2 Å². The van der Waals surface area contributed by atoms with Crippen LogP contribution in [0.5, 0.6) is 0 Å². The largest absolute Gasteiger partial charge is 0.465 e. The molecule has 2 aromatic carbocycles. The Morgan fingerprint density at radius 1 is 1.09 bits per heavy atom. The lowest BCUT2D eigenvalue weighted by molar-refractivity contribution is -0.113. The minimum Gasteiger partial charge on any atom is -0.465 e. The number of carbonyl (C=O) groups excluding carboxylic acids is 2. The Hall–Kier alpha value is -3.43. The molecule has 0 spiro atoms. The lowest BCUT2D eigenvalue weighted by atomic mass is 10.2. The van der Waals surface area contributed by atoms with Crippen molar-refractivity contribution in [3.8, 4) is 5.69 Å². The summed E-state index contributed by atoms with van der Waals surface area (Å²) in [5.74, 6) is -0.631. The molecular formula is C24H21N3O4S2. The van der Waals surface area contributed by atoms with Crippen LogP contribution in [-0.2, 0) is 9.53 Å². The Morgan fingerprint density at radius 3 is 2.45 bits per heavy atom. The number of thiophene rings is 1. The number of ether oxygens (including phenoxy) is 1. The van der Waals surface area contributed by atoms with Crippen molar-refractivity contribution in [3.63, 3.8) is 0 Å². The maximum Gasteiger partial charge on any atom is 0.337 e. The maximum atomic E-state index is 13.4. The highest BCUT2D eigenvalue weighted by Crippen LogP contribution is 2.29. The van der Waals surface area contributed by atoms with Gasteiger partial charge in [-0.15, -0.1) is 11.3 Å². The highest BCUT2D eigenvalue weighted by molar-refractivity contribution is 7.99. The molecule has 7 nitrogen and oxygen atoms in total. The zero-order valence-corrected chi connectivity index (χ0v) is 19.9. The number of carbonyl (C=O) groups is 2. The maximum absolute atomic E-state index is 13.4. The number of hydrogen-bond donors (Lipinski definition) is 1. The van der Waals surface area contributed by atoms with Crippen LogP contribution in [0.1, 0.15) is 20.8 Å². The van der Waals surface area contributed by atoms with E-state index in [4.69, 9.17) is 4.98 Å². The van der Waals surface area contributed by atoms with Crippen molar-refractivity contribution in [2.45, 2.75) is 19.0 Å². The SMILES string of the molecule is COC(=O)c1ccc(NC(=O)CSc2nc3sc(C)c(C)c3c(=O)n2-c2ccccc2)cc1. The molecule has 0 bridgehead atoms. The number of anilines is 1. The van der Waals surface area contributed by atoms with Crippen molar-refractivity contribution >= 4 is 50.9 Å². The first-order valence-corrected chi connectivity index (χ1v) is 11.9. The molecule has 33 heavy (non-hydrogen) atoms. The summed E-state index contributed by atoms with van der Waals surface area (Å²) in [7, 11) is 1.31. The Balaban J connectivity index is 1.60. The molecule has 168 valence electrons. The van der Waals surface area contributed by atoms with Crippen LogP contribution >= 0.6 is 23.1 Å². The molecule has 4 aromatic rings. The van der Waals surface area contributed by atoms with E-state index in [2.05, 4.69) is 10.1 Å². The highest BCUT2D eigenvalue weighted by atomic mass is 32.2. The first kappa shape index (κ1) is 22.8. The molecule has 2 aromatic heterocycles. The van der Waals surface area contributed by atoms with Crippen molar-refractivity contribution in [1.82, 2.24) is 9.55 Å². The minimum atomic E-state index is -0.442. The fourth-order valence-corrected chi connectivity index (χ4v) is 5.19. The number of para-hydroxylation sites is 1. The summed E-state index contributed by atoms with van der Waals surface area (Å²) in [6, 6.07) is 15.7. The van der Waals surface area contributed by atoms with Crippen LogP contribution < -0.4 is 10.9 Å². The number of thioether (sulfide) groups is 1. The molecule has 0 saturated carbocycles. The van der Waals surface area contributed by atoms with Crippen molar-refractivity contribution < 1.29 is 14.3 Å². The smallest absolute Gasteiger partial charge is 0.337 e. The molecule has 0 aliphatic heterocycles. The molecule has 1 N–H and O–H groups in total. The molecule has 4 rings (SSSR count). The van der Waals surface area contributed by atoms with E-state index in [1.165, 1.54) is 30.2 Å². The third-order valence-corrected chi connectivity index (χ3v) is 7.15. The monoisotopic (exact) mass is 479 g/mol. The van der Waals surface area contributed by atoms with Crippen molar-refractivity contribution in [2.24, 2.45) is 0 Å². The van der Waals surface area contributed by atoms with E-state index in [0.29, 0.717) is 32.3 Å². The van der Waals surface area contributed by atoms with E-state index in [9.17, 15) is 14.4 Å². The van der Waals surface area contributed by atoms with E-state index < -0.39 is 5.97 Å². The molecule has 0 aliphatic rings. The topological polar surface area (TPSA) is 90.3 Å². The molecule has 2 heterocycles. The summed E-state index contributed by atoms with van der Waals surface area (Å²) < 4.78 is 6.24. The average Bonchev–Trinajstić information content (AvgIpc) is 3.11. The Bertz CT molecular complexity index is 1390. The lowest BCUT2D eigenvalue weighted by Gasteiger charge is -2.12. The van der Waals surface area contributed by atoms with Crippen LogP contribution in [-0.4, -0.2) is 34.3 Å². The fraction of sp³-hybridized carbons (Fsp3) is 0.167. The standard InChI is InChI=1S/C24H21N3O4S2/c1-14-15(2)33-21-20(14)22(29)27(18-7-5-4-6-8-18)24(26-21)32-13-19(28)25-17-11-9-16(10-12-17)23(30)31-3/h4-12H,13H2,1-3H3,(H,25,28). The van der Waals surface area contributed by atoms with Gasteiger partial charge in [-0.2, -0.15) is 0 Å². The van der Waals surface area contributed by atoms with Crippen LogP contribution in [0.25, 0.3) is 15.9 Å². The van der Waals surface area contributed by atoms with Crippen LogP contribution in [0, 0.1) is 13.8 Å². The number of fused-ring (bicyclic) bond motifs is 1. The number of aryl methyl sites for hydroxylation is 2. The molecule has 0 fully saturated rings. The van der Waals surface area contributed by atoms with Gasteiger partial charge in [-0.1, -0.05) is 30.0 Å². The second-order valence-electron chi connectivity index (χ2n) is 7.24. The zero-order chi connectivity index (χ0) is 23.5. The summed E-state index contributed by atoms with van der Waals surface area (Å²) in [5.41, 5.74) is 2.44. The quantitative estimate of drug-likeness (QED) is 0.247. The molecular weight excluding hydrogens is 458 g/mol. The number of methoxy groups -OCH3 is 1. The number of esters is 1. The fourth-order valence-electron chi connectivity index (χ4n) is 3.31. The summed E-state index contributed by atoms with van der Waals surface area (Å²) in [4.78, 5) is 44.0. The van der Waals surface area contributed by atoms with Crippen LogP contribution in [0.2, 0.25) is 0 Å². The van der Waals surface area contributed by atoms with E-state index in [0.717, 1.165) is 10.4 Å². The van der Waals surface area contributed by atoms with Gasteiger partial charge in [-0.05, 0) is 55.8 Å². The number of amides is 1. The molecule has 9 heteroatoms. The molecule has 0 saturated heterocycles. The number of nitrogens with one attached hydrogen (secondary N) is 1. The predicted octanol–water partition coefficient (Wildman–Crippen LogP) is 4.58. The first-order chi connectivity index (χ1) is 15.9.